The van der Waals surface area contributed by atoms with Gasteiger partial charge in [0, 0.05) is 9.79 Å². The molecule has 118 valence electrons. The van der Waals surface area contributed by atoms with Crippen molar-refractivity contribution in [1.29, 1.82) is 0 Å². The summed E-state index contributed by atoms with van der Waals surface area (Å²) in [7, 11) is 0. The lowest BCUT2D eigenvalue weighted by Gasteiger charge is -2.20. The van der Waals surface area contributed by atoms with E-state index in [4.69, 9.17) is 0 Å². The smallest absolute Gasteiger partial charge is 0.0158 e. The number of hydrogen-bond donors (Lipinski definition) is 0. The summed E-state index contributed by atoms with van der Waals surface area (Å²) >= 11 is 1.87. The predicted octanol–water partition coefficient (Wildman–Crippen LogP) is 6.42. The summed E-state index contributed by atoms with van der Waals surface area (Å²) < 4.78 is 0. The van der Waals surface area contributed by atoms with E-state index in [9.17, 15) is 0 Å². The molecule has 0 fully saturated rings. The number of fused-ring (bicyclic) bond motifs is 2. The van der Waals surface area contributed by atoms with Crippen molar-refractivity contribution in [2.75, 3.05) is 0 Å². The van der Waals surface area contributed by atoms with Crippen LogP contribution in [0.15, 0.2) is 77.0 Å². The number of benzene rings is 3. The number of aryl methyl sites for hydroxylation is 2. The second-order valence-corrected chi connectivity index (χ2v) is 7.57. The van der Waals surface area contributed by atoms with Crippen LogP contribution in [0.1, 0.15) is 33.4 Å². The molecule has 0 nitrogen and oxygen atoms in total. The van der Waals surface area contributed by atoms with Crippen LogP contribution in [0, 0.1) is 13.8 Å². The third-order valence-corrected chi connectivity index (χ3v) is 6.07. The Morgan fingerprint density at radius 2 is 1.50 bits per heavy atom. The van der Waals surface area contributed by atoms with Gasteiger partial charge in [-0.3, -0.25) is 0 Å². The van der Waals surface area contributed by atoms with Crippen LogP contribution in [-0.4, -0.2) is 0 Å². The molecule has 4 rings (SSSR count). The largest absolute Gasteiger partial charge is 0.0906 e. The third-order valence-electron chi connectivity index (χ3n) is 4.84. The number of hydrogen-bond acceptors (Lipinski definition) is 1. The summed E-state index contributed by atoms with van der Waals surface area (Å²) in [5.74, 6) is 0. The third kappa shape index (κ3) is 2.70. The summed E-state index contributed by atoms with van der Waals surface area (Å²) in [6.07, 6.45) is 1.01. The fourth-order valence-electron chi connectivity index (χ4n) is 3.17. The van der Waals surface area contributed by atoms with Crippen LogP contribution in [0.5, 0.6) is 0 Å². The Morgan fingerprint density at radius 3 is 2.33 bits per heavy atom. The first-order valence-electron chi connectivity index (χ1n) is 8.27. The second-order valence-electron chi connectivity index (χ2n) is 6.49. The van der Waals surface area contributed by atoms with Gasteiger partial charge in [0.25, 0.3) is 0 Å². The van der Waals surface area contributed by atoms with Crippen molar-refractivity contribution in [2.45, 2.75) is 30.1 Å². The van der Waals surface area contributed by atoms with Gasteiger partial charge < -0.3 is 0 Å². The Hall–Kier alpha value is -2.25. The molecule has 1 aliphatic rings. The molecule has 0 radical (unpaired) electrons. The molecule has 1 heterocycles. The van der Waals surface area contributed by atoms with Crippen LogP contribution in [0.2, 0.25) is 0 Å². The maximum Gasteiger partial charge on any atom is 0.0158 e. The molecule has 0 aromatic heterocycles. The predicted molar refractivity (Wildman–Crippen MR) is 104 cm³/mol. The first-order valence-corrected chi connectivity index (χ1v) is 9.09. The Kier molecular flexibility index (Phi) is 3.82. The van der Waals surface area contributed by atoms with Gasteiger partial charge in [-0.05, 0) is 77.4 Å². The SMILES string of the molecule is C=C(c1ccc(C)c(C)c1)c1ccc2c(c1)Cc1ccccc1S2. The molecule has 0 saturated heterocycles. The molecule has 3 aromatic rings. The molecular weight excluding hydrogens is 308 g/mol. The van der Waals surface area contributed by atoms with Crippen molar-refractivity contribution in [2.24, 2.45) is 0 Å². The maximum atomic E-state index is 4.35. The van der Waals surface area contributed by atoms with Gasteiger partial charge in [-0.25, -0.2) is 0 Å². The van der Waals surface area contributed by atoms with Gasteiger partial charge in [0.1, 0.15) is 0 Å². The van der Waals surface area contributed by atoms with Crippen molar-refractivity contribution in [3.63, 3.8) is 0 Å². The van der Waals surface area contributed by atoms with Crippen molar-refractivity contribution in [3.05, 3.63) is 101 Å². The second kappa shape index (κ2) is 5.99. The van der Waals surface area contributed by atoms with Gasteiger partial charge >= 0.3 is 0 Å². The monoisotopic (exact) mass is 328 g/mol. The highest BCUT2D eigenvalue weighted by molar-refractivity contribution is 7.99. The standard InChI is InChI=1S/C23H20S/c1-15-8-9-18(12-16(15)2)17(3)19-10-11-23-21(13-19)14-20-6-4-5-7-22(20)24-23/h4-13H,3,14H2,1-2H3. The van der Waals surface area contributed by atoms with E-state index < -0.39 is 0 Å². The zero-order valence-corrected chi connectivity index (χ0v) is 14.9. The molecule has 0 N–H and O–H groups in total. The molecule has 0 aliphatic carbocycles. The van der Waals surface area contributed by atoms with E-state index >= 15 is 0 Å². The molecule has 24 heavy (non-hydrogen) atoms. The van der Waals surface area contributed by atoms with Crippen LogP contribution in [0.4, 0.5) is 0 Å². The van der Waals surface area contributed by atoms with E-state index in [-0.39, 0.29) is 0 Å². The summed E-state index contributed by atoms with van der Waals surface area (Å²) in [6, 6.07) is 22.1. The number of rotatable bonds is 2. The Morgan fingerprint density at radius 1 is 0.792 bits per heavy atom. The highest BCUT2D eigenvalue weighted by atomic mass is 32.2. The fourth-order valence-corrected chi connectivity index (χ4v) is 4.23. The van der Waals surface area contributed by atoms with Gasteiger partial charge in [-0.2, -0.15) is 0 Å². The molecule has 0 atom stereocenters. The first-order chi connectivity index (χ1) is 11.6. The average Bonchev–Trinajstić information content (AvgIpc) is 2.61. The van der Waals surface area contributed by atoms with Crippen molar-refractivity contribution < 1.29 is 0 Å². The zero-order chi connectivity index (χ0) is 16.7. The van der Waals surface area contributed by atoms with E-state index in [0.717, 1.165) is 12.0 Å². The van der Waals surface area contributed by atoms with Gasteiger partial charge in [-0.1, -0.05) is 60.8 Å². The van der Waals surface area contributed by atoms with Crippen molar-refractivity contribution in [3.8, 4) is 0 Å². The highest BCUT2D eigenvalue weighted by Gasteiger charge is 2.16. The fraction of sp³-hybridized carbons (Fsp3) is 0.130. The molecule has 0 unspecified atom stereocenters. The molecule has 0 amide bonds. The molecule has 0 bridgehead atoms. The summed E-state index contributed by atoms with van der Waals surface area (Å²) in [4.78, 5) is 2.75. The van der Waals surface area contributed by atoms with Crippen molar-refractivity contribution >= 4 is 17.3 Å². The van der Waals surface area contributed by atoms with E-state index in [1.807, 2.05) is 11.8 Å². The quantitative estimate of drug-likeness (QED) is 0.409. The highest BCUT2D eigenvalue weighted by Crippen LogP contribution is 2.40. The van der Waals surface area contributed by atoms with Gasteiger partial charge in [0.15, 0.2) is 0 Å². The Labute approximate surface area is 148 Å². The minimum atomic E-state index is 1.01. The van der Waals surface area contributed by atoms with Crippen molar-refractivity contribution in [1.82, 2.24) is 0 Å². The van der Waals surface area contributed by atoms with Gasteiger partial charge in [-0.15, -0.1) is 0 Å². The Balaban J connectivity index is 1.69. The van der Waals surface area contributed by atoms with E-state index in [0.29, 0.717) is 0 Å². The lowest BCUT2D eigenvalue weighted by molar-refractivity contribution is 1.05. The normalized spacial score (nSPS) is 12.4. The van der Waals surface area contributed by atoms with Crippen LogP contribution in [0.3, 0.4) is 0 Å². The molecular formula is C23H20S. The lowest BCUT2D eigenvalue weighted by Crippen LogP contribution is -2.00. The van der Waals surface area contributed by atoms with Gasteiger partial charge in [0.05, 0.1) is 0 Å². The van der Waals surface area contributed by atoms with E-state index in [1.54, 1.807) is 0 Å². The molecule has 3 aromatic carbocycles. The zero-order valence-electron chi connectivity index (χ0n) is 14.1. The van der Waals surface area contributed by atoms with Crippen LogP contribution in [-0.2, 0) is 6.42 Å². The van der Waals surface area contributed by atoms with Gasteiger partial charge in [0.2, 0.25) is 0 Å². The molecule has 1 aliphatic heterocycles. The molecule has 0 spiro atoms. The average molecular weight is 328 g/mol. The summed E-state index contributed by atoms with van der Waals surface area (Å²) in [5.41, 5.74) is 9.00. The van der Waals surface area contributed by atoms with Crippen LogP contribution < -0.4 is 0 Å². The summed E-state index contributed by atoms with van der Waals surface area (Å²) in [5, 5.41) is 0. The molecule has 1 heteroatoms. The minimum Gasteiger partial charge on any atom is -0.0906 e. The van der Waals surface area contributed by atoms with E-state index in [2.05, 4.69) is 81.1 Å². The maximum absolute atomic E-state index is 4.35. The topological polar surface area (TPSA) is 0 Å². The Bertz CT molecular complexity index is 950. The van der Waals surface area contributed by atoms with E-state index in [1.165, 1.54) is 43.2 Å². The minimum absolute atomic E-state index is 1.01. The lowest BCUT2D eigenvalue weighted by atomic mass is 9.94. The molecule has 0 saturated carbocycles. The summed E-state index contributed by atoms with van der Waals surface area (Å²) in [6.45, 7) is 8.66. The van der Waals surface area contributed by atoms with Crippen LogP contribution >= 0.6 is 11.8 Å². The first kappa shape index (κ1) is 15.3. The van der Waals surface area contributed by atoms with Crippen LogP contribution in [0.25, 0.3) is 5.57 Å².